The predicted molar refractivity (Wildman–Crippen MR) is 87.2 cm³/mol. The van der Waals surface area contributed by atoms with Gasteiger partial charge in [-0.1, -0.05) is 32.4 Å². The van der Waals surface area contributed by atoms with Crippen molar-refractivity contribution in [1.29, 1.82) is 0 Å². The van der Waals surface area contributed by atoms with Crippen molar-refractivity contribution in [2.75, 3.05) is 13.1 Å². The van der Waals surface area contributed by atoms with Crippen LogP contribution in [0.4, 0.5) is 0 Å². The number of rotatable bonds is 7. The smallest absolute Gasteiger partial charge is 0.108 e. The van der Waals surface area contributed by atoms with Crippen LogP contribution in [0, 0.1) is 17.3 Å². The average molecular weight is 287 g/mol. The Hall–Kier alpha value is -1.09. The summed E-state index contributed by atoms with van der Waals surface area (Å²) in [6, 6.07) is 0. The molecule has 0 amide bonds. The normalized spacial score (nSPS) is 26.3. The Morgan fingerprint density at radius 2 is 2.29 bits per heavy atom. The first-order chi connectivity index (χ1) is 10.1. The molecule has 4 rings (SSSR count). The SMILES string of the molecule is CCc1nccn1CCCNCC1=CC[C@H]2C[C@@H]1C2(C)C. The lowest BCUT2D eigenvalue weighted by Gasteiger charge is -2.56. The summed E-state index contributed by atoms with van der Waals surface area (Å²) in [5.74, 6) is 2.98. The topological polar surface area (TPSA) is 29.9 Å². The van der Waals surface area contributed by atoms with Gasteiger partial charge in [-0.3, -0.25) is 0 Å². The molecule has 0 aromatic carbocycles. The summed E-state index contributed by atoms with van der Waals surface area (Å²) in [7, 11) is 0. The highest BCUT2D eigenvalue weighted by Gasteiger charge is 2.50. The van der Waals surface area contributed by atoms with E-state index >= 15 is 0 Å². The van der Waals surface area contributed by atoms with Gasteiger partial charge in [0.15, 0.2) is 0 Å². The summed E-state index contributed by atoms with van der Waals surface area (Å²) in [5, 5.41) is 3.65. The first-order valence-corrected chi connectivity index (χ1v) is 8.52. The molecule has 0 aliphatic heterocycles. The molecule has 1 saturated carbocycles. The summed E-state index contributed by atoms with van der Waals surface area (Å²) in [4.78, 5) is 4.37. The van der Waals surface area contributed by atoms with Crippen LogP contribution in [0.3, 0.4) is 0 Å². The number of nitrogens with one attached hydrogen (secondary N) is 1. The lowest BCUT2D eigenvalue weighted by atomic mass is 9.49. The summed E-state index contributed by atoms with van der Waals surface area (Å²) < 4.78 is 2.28. The van der Waals surface area contributed by atoms with Crippen LogP contribution in [-0.2, 0) is 13.0 Å². The van der Waals surface area contributed by atoms with Crippen LogP contribution < -0.4 is 5.32 Å². The summed E-state index contributed by atoms with van der Waals surface area (Å²) in [6.45, 7) is 10.3. The summed E-state index contributed by atoms with van der Waals surface area (Å²) in [5.41, 5.74) is 2.22. The third-order valence-electron chi connectivity index (χ3n) is 5.78. The Kier molecular flexibility index (Phi) is 4.21. The number of allylic oxidation sites excluding steroid dienone is 1. The number of hydrogen-bond acceptors (Lipinski definition) is 2. The standard InChI is InChI=1S/C18H29N3/c1-4-17-20-9-11-21(17)10-5-8-19-13-14-6-7-15-12-16(14)18(15,2)3/h6,9,11,15-16,19H,4-5,7-8,10,12-13H2,1-3H3/t15-,16-/m0/s1. The van der Waals surface area contributed by atoms with Gasteiger partial charge in [0.2, 0.25) is 0 Å². The van der Waals surface area contributed by atoms with E-state index in [0.717, 1.165) is 37.9 Å². The molecule has 1 aromatic heterocycles. The van der Waals surface area contributed by atoms with E-state index in [-0.39, 0.29) is 0 Å². The van der Waals surface area contributed by atoms with Crippen molar-refractivity contribution in [2.24, 2.45) is 17.3 Å². The molecular weight excluding hydrogens is 258 g/mol. The zero-order valence-corrected chi connectivity index (χ0v) is 13.7. The summed E-state index contributed by atoms with van der Waals surface area (Å²) in [6.07, 6.45) is 11.4. The molecule has 2 atom stereocenters. The van der Waals surface area contributed by atoms with Gasteiger partial charge in [-0.2, -0.15) is 0 Å². The fraction of sp³-hybridized carbons (Fsp3) is 0.722. The van der Waals surface area contributed by atoms with Gasteiger partial charge >= 0.3 is 0 Å². The molecule has 1 fully saturated rings. The molecule has 3 aliphatic carbocycles. The zero-order valence-electron chi connectivity index (χ0n) is 13.7. The largest absolute Gasteiger partial charge is 0.335 e. The minimum absolute atomic E-state index is 0.554. The van der Waals surface area contributed by atoms with E-state index in [1.807, 2.05) is 6.20 Å². The van der Waals surface area contributed by atoms with Crippen LogP contribution in [0.25, 0.3) is 0 Å². The van der Waals surface area contributed by atoms with Crippen molar-refractivity contribution >= 4 is 0 Å². The van der Waals surface area contributed by atoms with E-state index in [1.165, 1.54) is 25.1 Å². The molecule has 0 radical (unpaired) electrons. The molecule has 2 bridgehead atoms. The Bertz CT molecular complexity index is 512. The lowest BCUT2D eigenvalue weighted by Crippen LogP contribution is -2.49. The van der Waals surface area contributed by atoms with Gasteiger partial charge in [-0.05, 0) is 43.1 Å². The highest BCUT2D eigenvalue weighted by atomic mass is 15.1. The van der Waals surface area contributed by atoms with Crippen molar-refractivity contribution in [3.8, 4) is 0 Å². The Balaban J connectivity index is 1.38. The van der Waals surface area contributed by atoms with Crippen LogP contribution in [0.1, 0.15) is 45.9 Å². The molecule has 0 saturated heterocycles. The molecule has 3 aliphatic rings. The van der Waals surface area contributed by atoms with Gasteiger partial charge in [0.25, 0.3) is 0 Å². The predicted octanol–water partition coefficient (Wildman–Crippen LogP) is 3.42. The molecule has 0 unspecified atom stereocenters. The van der Waals surface area contributed by atoms with Gasteiger partial charge in [0.1, 0.15) is 5.82 Å². The van der Waals surface area contributed by atoms with Gasteiger partial charge in [-0.25, -0.2) is 4.98 Å². The highest BCUT2D eigenvalue weighted by Crippen LogP contribution is 2.58. The Morgan fingerprint density at radius 3 is 3.00 bits per heavy atom. The number of aromatic nitrogens is 2. The van der Waals surface area contributed by atoms with E-state index in [1.54, 1.807) is 5.57 Å². The van der Waals surface area contributed by atoms with E-state index in [4.69, 9.17) is 0 Å². The average Bonchev–Trinajstić information content (AvgIpc) is 2.94. The quantitative estimate of drug-likeness (QED) is 0.615. The molecule has 1 heterocycles. The zero-order chi connectivity index (χ0) is 14.9. The number of fused-ring (bicyclic) bond motifs is 1. The van der Waals surface area contributed by atoms with Crippen LogP contribution in [0.2, 0.25) is 0 Å². The van der Waals surface area contributed by atoms with Crippen molar-refractivity contribution in [3.63, 3.8) is 0 Å². The molecule has 0 spiro atoms. The molecular formula is C18H29N3. The van der Waals surface area contributed by atoms with Crippen molar-refractivity contribution in [1.82, 2.24) is 14.9 Å². The fourth-order valence-electron chi connectivity index (χ4n) is 4.14. The maximum absolute atomic E-state index is 4.37. The van der Waals surface area contributed by atoms with Gasteiger partial charge in [-0.15, -0.1) is 0 Å². The van der Waals surface area contributed by atoms with Crippen LogP contribution >= 0.6 is 0 Å². The van der Waals surface area contributed by atoms with Gasteiger partial charge < -0.3 is 9.88 Å². The second-order valence-corrected chi connectivity index (χ2v) is 7.24. The second kappa shape index (κ2) is 5.96. The molecule has 1 aromatic rings. The molecule has 21 heavy (non-hydrogen) atoms. The second-order valence-electron chi connectivity index (χ2n) is 7.24. The Morgan fingerprint density at radius 1 is 1.43 bits per heavy atom. The maximum atomic E-state index is 4.37. The van der Waals surface area contributed by atoms with Crippen LogP contribution in [-0.4, -0.2) is 22.6 Å². The summed E-state index contributed by atoms with van der Waals surface area (Å²) >= 11 is 0. The molecule has 3 heteroatoms. The maximum Gasteiger partial charge on any atom is 0.108 e. The third kappa shape index (κ3) is 2.80. The Labute approximate surface area is 128 Å². The van der Waals surface area contributed by atoms with E-state index in [9.17, 15) is 0 Å². The van der Waals surface area contributed by atoms with Crippen molar-refractivity contribution in [2.45, 2.75) is 53.0 Å². The third-order valence-corrected chi connectivity index (χ3v) is 5.78. The first kappa shape index (κ1) is 14.8. The number of nitrogens with zero attached hydrogens (tertiary/aromatic N) is 2. The van der Waals surface area contributed by atoms with Crippen molar-refractivity contribution in [3.05, 3.63) is 29.9 Å². The van der Waals surface area contributed by atoms with Gasteiger partial charge in [0, 0.05) is 31.9 Å². The number of aryl methyl sites for hydroxylation is 2. The van der Waals surface area contributed by atoms with E-state index in [2.05, 4.69) is 47.9 Å². The number of hydrogen-bond donors (Lipinski definition) is 1. The van der Waals surface area contributed by atoms with Crippen LogP contribution in [0.5, 0.6) is 0 Å². The van der Waals surface area contributed by atoms with Crippen LogP contribution in [0.15, 0.2) is 24.0 Å². The molecule has 3 nitrogen and oxygen atoms in total. The molecule has 116 valence electrons. The monoisotopic (exact) mass is 287 g/mol. The lowest BCUT2D eigenvalue weighted by molar-refractivity contribution is -0.00735. The van der Waals surface area contributed by atoms with Crippen molar-refractivity contribution < 1.29 is 0 Å². The first-order valence-electron chi connectivity index (χ1n) is 8.52. The minimum atomic E-state index is 0.554. The highest BCUT2D eigenvalue weighted by molar-refractivity contribution is 5.24. The molecule has 1 N–H and O–H groups in total. The van der Waals surface area contributed by atoms with Gasteiger partial charge in [0.05, 0.1) is 0 Å². The minimum Gasteiger partial charge on any atom is -0.335 e. The van der Waals surface area contributed by atoms with E-state index in [0.29, 0.717) is 5.41 Å². The van der Waals surface area contributed by atoms with E-state index < -0.39 is 0 Å². The number of imidazole rings is 1. The fourth-order valence-corrected chi connectivity index (χ4v) is 4.14.